The van der Waals surface area contributed by atoms with Gasteiger partial charge in [0.25, 0.3) is 0 Å². The molecule has 0 saturated carbocycles. The zero-order chi connectivity index (χ0) is 13.8. The van der Waals surface area contributed by atoms with Gasteiger partial charge >= 0.3 is 0 Å². The van der Waals surface area contributed by atoms with Gasteiger partial charge in [-0.3, -0.25) is 4.98 Å². The zero-order valence-corrected chi connectivity index (χ0v) is 11.1. The third kappa shape index (κ3) is 2.41. The van der Waals surface area contributed by atoms with Crippen LogP contribution in [0.2, 0.25) is 0 Å². The quantitative estimate of drug-likeness (QED) is 0.774. The average Bonchev–Trinajstić information content (AvgIpc) is 2.99. The number of nitrogens with one attached hydrogen (secondary N) is 1. The molecule has 0 saturated heterocycles. The fourth-order valence-corrected chi connectivity index (χ4v) is 1.95. The second-order valence-corrected chi connectivity index (χ2v) is 4.30. The highest BCUT2D eigenvalue weighted by Gasteiger charge is 2.10. The fourth-order valence-electron chi connectivity index (χ4n) is 1.95. The van der Waals surface area contributed by atoms with Crippen LogP contribution in [0.25, 0.3) is 17.1 Å². The van der Waals surface area contributed by atoms with Gasteiger partial charge < -0.3 is 5.32 Å². The van der Waals surface area contributed by atoms with E-state index in [0.717, 1.165) is 23.4 Å². The van der Waals surface area contributed by atoms with Crippen molar-refractivity contribution in [1.29, 1.82) is 0 Å². The minimum atomic E-state index is 0.602. The molecule has 0 spiro atoms. The standard InChI is InChI=1S/C14H14N6/c1-15-9-12-7-8-16-10-13(12)20-18-14(17-19-20)11-5-3-2-4-6-11/h2-8,10,15H,9H2,1H3. The third-order valence-electron chi connectivity index (χ3n) is 2.92. The SMILES string of the molecule is CNCc1ccncc1-n1nnc(-c2ccccc2)n1. The lowest BCUT2D eigenvalue weighted by Crippen LogP contribution is -2.11. The molecule has 0 unspecified atom stereocenters. The summed E-state index contributed by atoms with van der Waals surface area (Å²) in [6.07, 6.45) is 3.49. The Morgan fingerprint density at radius 3 is 2.80 bits per heavy atom. The molecule has 3 rings (SSSR count). The number of hydrogen-bond donors (Lipinski definition) is 1. The van der Waals surface area contributed by atoms with Gasteiger partial charge in [-0.25, -0.2) is 0 Å². The molecule has 6 nitrogen and oxygen atoms in total. The van der Waals surface area contributed by atoms with E-state index in [0.29, 0.717) is 5.82 Å². The number of rotatable bonds is 4. The van der Waals surface area contributed by atoms with Crippen LogP contribution >= 0.6 is 0 Å². The van der Waals surface area contributed by atoms with Crippen molar-refractivity contribution in [3.63, 3.8) is 0 Å². The normalized spacial score (nSPS) is 10.7. The summed E-state index contributed by atoms with van der Waals surface area (Å²) in [4.78, 5) is 5.65. The number of benzene rings is 1. The Bertz CT molecular complexity index is 692. The Balaban J connectivity index is 1.98. The van der Waals surface area contributed by atoms with Gasteiger partial charge in [-0.1, -0.05) is 30.3 Å². The maximum absolute atomic E-state index is 4.42. The summed E-state index contributed by atoms with van der Waals surface area (Å²) < 4.78 is 0. The lowest BCUT2D eigenvalue weighted by Gasteiger charge is -2.05. The Morgan fingerprint density at radius 2 is 2.00 bits per heavy atom. The predicted octanol–water partition coefficient (Wildman–Crippen LogP) is 1.44. The number of tetrazole rings is 1. The maximum atomic E-state index is 4.42. The van der Waals surface area contributed by atoms with Gasteiger partial charge in [0.15, 0.2) is 0 Å². The molecule has 0 aliphatic rings. The molecule has 20 heavy (non-hydrogen) atoms. The monoisotopic (exact) mass is 266 g/mol. The average molecular weight is 266 g/mol. The molecule has 2 aromatic heterocycles. The summed E-state index contributed by atoms with van der Waals surface area (Å²) in [5.41, 5.74) is 2.84. The van der Waals surface area contributed by atoms with E-state index in [9.17, 15) is 0 Å². The van der Waals surface area contributed by atoms with E-state index in [1.807, 2.05) is 43.4 Å². The largest absolute Gasteiger partial charge is 0.316 e. The Morgan fingerprint density at radius 1 is 1.15 bits per heavy atom. The Kier molecular flexibility index (Phi) is 3.47. The fraction of sp³-hybridized carbons (Fsp3) is 0.143. The molecule has 0 radical (unpaired) electrons. The van der Waals surface area contributed by atoms with E-state index in [4.69, 9.17) is 0 Å². The van der Waals surface area contributed by atoms with Crippen molar-refractivity contribution >= 4 is 0 Å². The molecule has 0 aliphatic carbocycles. The molecular formula is C14H14N6. The molecule has 1 N–H and O–H groups in total. The summed E-state index contributed by atoms with van der Waals surface area (Å²) in [5.74, 6) is 0.602. The topological polar surface area (TPSA) is 68.5 Å². The van der Waals surface area contributed by atoms with Crippen LogP contribution in [0.15, 0.2) is 48.8 Å². The molecule has 0 bridgehead atoms. The van der Waals surface area contributed by atoms with Crippen molar-refractivity contribution in [2.24, 2.45) is 0 Å². The van der Waals surface area contributed by atoms with Gasteiger partial charge in [-0.05, 0) is 23.9 Å². The van der Waals surface area contributed by atoms with Crippen molar-refractivity contribution in [3.8, 4) is 17.1 Å². The highest BCUT2D eigenvalue weighted by atomic mass is 15.6. The molecule has 3 aromatic rings. The molecule has 0 aliphatic heterocycles. The van der Waals surface area contributed by atoms with Crippen LogP contribution < -0.4 is 5.32 Å². The van der Waals surface area contributed by atoms with Crippen LogP contribution in [0.3, 0.4) is 0 Å². The first-order chi connectivity index (χ1) is 9.88. The highest BCUT2D eigenvalue weighted by Crippen LogP contribution is 2.15. The van der Waals surface area contributed by atoms with Crippen molar-refractivity contribution in [2.75, 3.05) is 7.05 Å². The lowest BCUT2D eigenvalue weighted by molar-refractivity contribution is 0.697. The zero-order valence-electron chi connectivity index (χ0n) is 11.1. The van der Waals surface area contributed by atoms with Crippen LogP contribution in [-0.4, -0.2) is 32.2 Å². The highest BCUT2D eigenvalue weighted by molar-refractivity contribution is 5.53. The molecule has 2 heterocycles. The third-order valence-corrected chi connectivity index (χ3v) is 2.92. The number of aromatic nitrogens is 5. The van der Waals surface area contributed by atoms with Crippen molar-refractivity contribution in [3.05, 3.63) is 54.4 Å². The van der Waals surface area contributed by atoms with E-state index >= 15 is 0 Å². The Labute approximate surface area is 116 Å². The van der Waals surface area contributed by atoms with Crippen LogP contribution in [-0.2, 0) is 6.54 Å². The van der Waals surface area contributed by atoms with E-state index in [-0.39, 0.29) is 0 Å². The first-order valence-electron chi connectivity index (χ1n) is 6.32. The Hall–Kier alpha value is -2.60. The van der Waals surface area contributed by atoms with Crippen molar-refractivity contribution < 1.29 is 0 Å². The summed E-state index contributed by atoms with van der Waals surface area (Å²) >= 11 is 0. The number of hydrogen-bond acceptors (Lipinski definition) is 5. The van der Waals surface area contributed by atoms with Gasteiger partial charge in [0.1, 0.15) is 5.69 Å². The van der Waals surface area contributed by atoms with Gasteiger partial charge in [0.05, 0.1) is 6.20 Å². The first kappa shape index (κ1) is 12.4. The van der Waals surface area contributed by atoms with Crippen molar-refractivity contribution in [1.82, 2.24) is 30.5 Å². The summed E-state index contributed by atoms with van der Waals surface area (Å²) in [6.45, 7) is 0.722. The van der Waals surface area contributed by atoms with Crippen LogP contribution in [0.5, 0.6) is 0 Å². The van der Waals surface area contributed by atoms with Gasteiger partial charge in [0.2, 0.25) is 5.82 Å². The molecule has 6 heteroatoms. The van der Waals surface area contributed by atoms with Crippen molar-refractivity contribution in [2.45, 2.75) is 6.54 Å². The maximum Gasteiger partial charge on any atom is 0.205 e. The lowest BCUT2D eigenvalue weighted by atomic mass is 10.2. The van der Waals surface area contributed by atoms with E-state index in [1.54, 1.807) is 12.4 Å². The van der Waals surface area contributed by atoms with Gasteiger partial charge in [-0.15, -0.1) is 15.0 Å². The van der Waals surface area contributed by atoms with E-state index in [1.165, 1.54) is 4.80 Å². The van der Waals surface area contributed by atoms with Crippen LogP contribution in [0.1, 0.15) is 5.56 Å². The predicted molar refractivity (Wildman–Crippen MR) is 75.1 cm³/mol. The second kappa shape index (κ2) is 5.58. The van der Waals surface area contributed by atoms with Gasteiger partial charge in [0, 0.05) is 18.3 Å². The smallest absolute Gasteiger partial charge is 0.205 e. The first-order valence-corrected chi connectivity index (χ1v) is 6.32. The summed E-state index contributed by atoms with van der Waals surface area (Å²) in [6, 6.07) is 11.7. The van der Waals surface area contributed by atoms with E-state index in [2.05, 4.69) is 25.7 Å². The summed E-state index contributed by atoms with van der Waals surface area (Å²) in [5, 5.41) is 15.7. The minimum Gasteiger partial charge on any atom is -0.316 e. The number of nitrogens with zero attached hydrogens (tertiary/aromatic N) is 5. The molecule has 1 aromatic carbocycles. The molecule has 0 fully saturated rings. The second-order valence-electron chi connectivity index (χ2n) is 4.30. The van der Waals surface area contributed by atoms with E-state index < -0.39 is 0 Å². The minimum absolute atomic E-state index is 0.602. The molecule has 0 atom stereocenters. The van der Waals surface area contributed by atoms with Crippen LogP contribution in [0, 0.1) is 0 Å². The molecular weight excluding hydrogens is 252 g/mol. The molecule has 0 amide bonds. The van der Waals surface area contributed by atoms with Gasteiger partial charge in [-0.2, -0.15) is 0 Å². The molecule has 100 valence electrons. The summed E-state index contributed by atoms with van der Waals surface area (Å²) in [7, 11) is 1.90. The van der Waals surface area contributed by atoms with Crippen LogP contribution in [0.4, 0.5) is 0 Å². The number of pyridine rings is 1.